The van der Waals surface area contributed by atoms with Crippen LogP contribution in [0.5, 0.6) is 0 Å². The van der Waals surface area contributed by atoms with Gasteiger partial charge >= 0.3 is 0 Å². The molecule has 0 radical (unpaired) electrons. The summed E-state index contributed by atoms with van der Waals surface area (Å²) >= 11 is 0. The zero-order valence-corrected chi connectivity index (χ0v) is 20.1. The molecular weight excluding hydrogens is 504 g/mol. The topological polar surface area (TPSA) is 70.6 Å². The number of guanidine groups is 1. The molecule has 0 bridgehead atoms. The summed E-state index contributed by atoms with van der Waals surface area (Å²) in [6, 6.07) is 14.4. The average molecular weight is 533 g/mol. The highest BCUT2D eigenvalue weighted by molar-refractivity contribution is 14.0. The minimum Gasteiger partial charge on any atom is -0.356 e. The first-order valence-corrected chi connectivity index (χ1v) is 11.3. The molecule has 0 aliphatic heterocycles. The molecule has 0 saturated heterocycles. The van der Waals surface area contributed by atoms with Crippen LogP contribution in [0.15, 0.2) is 53.5 Å². The Kier molecular flexibility index (Phi) is 10.6. The normalized spacial score (nSPS) is 12.8. The molecule has 160 valence electrons. The molecule has 0 fully saturated rings. The third-order valence-electron chi connectivity index (χ3n) is 4.54. The van der Waals surface area contributed by atoms with Crippen molar-refractivity contribution in [3.05, 3.63) is 71.0 Å². The summed E-state index contributed by atoms with van der Waals surface area (Å²) in [5.74, 6) is 0.410. The van der Waals surface area contributed by atoms with E-state index in [9.17, 15) is 12.8 Å². The Balaban J connectivity index is 0.00000420. The van der Waals surface area contributed by atoms with E-state index >= 15 is 0 Å². The van der Waals surface area contributed by atoms with Gasteiger partial charge in [0.15, 0.2) is 15.8 Å². The first-order chi connectivity index (χ1) is 13.3. The van der Waals surface area contributed by atoms with Crippen molar-refractivity contribution >= 4 is 39.8 Å². The molecule has 1 atom stereocenters. The first-order valence-electron chi connectivity index (χ1n) is 9.27. The number of halogens is 2. The molecule has 0 saturated carbocycles. The van der Waals surface area contributed by atoms with Crippen LogP contribution in [0, 0.1) is 5.82 Å². The highest BCUT2D eigenvalue weighted by atomic mass is 127. The third kappa shape index (κ3) is 8.69. The molecule has 8 heteroatoms. The number of hydrogen-bond donors (Lipinski definition) is 2. The standard InChI is InChI=1S/C21H28FN3O2S.HI/c1-4-16(17-8-6-5-7-9-17)13-24-21(23-2)25-14-19-12-20(22)11-10-18(19)15-28(3,26)27;/h5-12,16H,4,13-15H2,1-3H3,(H2,23,24,25);1H. The number of aliphatic imine (C=N–C) groups is 1. The Hall–Kier alpha value is -1.68. The van der Waals surface area contributed by atoms with E-state index in [-0.39, 0.29) is 36.3 Å². The molecule has 0 aromatic heterocycles. The Bertz CT molecular complexity index is 905. The number of rotatable bonds is 8. The largest absolute Gasteiger partial charge is 0.356 e. The van der Waals surface area contributed by atoms with Crippen LogP contribution in [0.4, 0.5) is 4.39 Å². The van der Waals surface area contributed by atoms with E-state index in [2.05, 4.69) is 34.7 Å². The van der Waals surface area contributed by atoms with Gasteiger partial charge in [0.2, 0.25) is 0 Å². The van der Waals surface area contributed by atoms with Gasteiger partial charge in [-0.05, 0) is 35.2 Å². The van der Waals surface area contributed by atoms with Crippen molar-refractivity contribution in [2.45, 2.75) is 31.6 Å². The summed E-state index contributed by atoms with van der Waals surface area (Å²) in [4.78, 5) is 4.21. The van der Waals surface area contributed by atoms with Gasteiger partial charge in [0.25, 0.3) is 0 Å². The molecule has 2 aromatic rings. The van der Waals surface area contributed by atoms with Gasteiger partial charge in [-0.25, -0.2) is 12.8 Å². The van der Waals surface area contributed by atoms with Crippen LogP contribution in [-0.2, 0) is 22.1 Å². The van der Waals surface area contributed by atoms with Crippen molar-refractivity contribution in [2.24, 2.45) is 4.99 Å². The predicted octanol–water partition coefficient (Wildman–Crippen LogP) is 3.85. The Morgan fingerprint density at radius 2 is 1.79 bits per heavy atom. The summed E-state index contributed by atoms with van der Waals surface area (Å²) in [6.07, 6.45) is 2.15. The van der Waals surface area contributed by atoms with Crippen molar-refractivity contribution in [2.75, 3.05) is 19.8 Å². The van der Waals surface area contributed by atoms with Gasteiger partial charge in [0.05, 0.1) is 5.75 Å². The van der Waals surface area contributed by atoms with Crippen molar-refractivity contribution in [3.63, 3.8) is 0 Å². The number of hydrogen-bond acceptors (Lipinski definition) is 3. The van der Waals surface area contributed by atoms with Gasteiger partial charge in [-0.2, -0.15) is 0 Å². The monoisotopic (exact) mass is 533 g/mol. The molecule has 0 aliphatic rings. The lowest BCUT2D eigenvalue weighted by molar-refractivity contribution is 0.599. The molecule has 0 heterocycles. The van der Waals surface area contributed by atoms with E-state index in [1.165, 1.54) is 30.0 Å². The van der Waals surface area contributed by atoms with Crippen LogP contribution in [0.25, 0.3) is 0 Å². The summed E-state index contributed by atoms with van der Waals surface area (Å²) in [5.41, 5.74) is 2.44. The average Bonchev–Trinajstić information content (AvgIpc) is 2.66. The van der Waals surface area contributed by atoms with E-state index in [1.54, 1.807) is 7.05 Å². The first kappa shape index (κ1) is 25.4. The SMILES string of the molecule is CCC(CNC(=NC)NCc1cc(F)ccc1CS(C)(=O)=O)c1ccccc1.I. The quantitative estimate of drug-likeness (QED) is 0.308. The molecule has 0 aliphatic carbocycles. The second-order valence-corrected chi connectivity index (χ2v) is 8.95. The Morgan fingerprint density at radius 3 is 2.38 bits per heavy atom. The lowest BCUT2D eigenvalue weighted by Crippen LogP contribution is -2.39. The lowest BCUT2D eigenvalue weighted by Gasteiger charge is -2.19. The van der Waals surface area contributed by atoms with Gasteiger partial charge in [0.1, 0.15) is 5.82 Å². The molecule has 0 amide bonds. The molecule has 29 heavy (non-hydrogen) atoms. The highest BCUT2D eigenvalue weighted by Gasteiger charge is 2.12. The van der Waals surface area contributed by atoms with Gasteiger partial charge in [-0.3, -0.25) is 4.99 Å². The van der Waals surface area contributed by atoms with E-state index in [0.717, 1.165) is 6.42 Å². The molecule has 5 nitrogen and oxygen atoms in total. The van der Waals surface area contributed by atoms with E-state index in [0.29, 0.717) is 29.5 Å². The van der Waals surface area contributed by atoms with E-state index in [1.807, 2.05) is 18.2 Å². The summed E-state index contributed by atoms with van der Waals surface area (Å²) < 4.78 is 36.9. The minimum atomic E-state index is -3.21. The number of nitrogens with zero attached hydrogens (tertiary/aromatic N) is 1. The number of benzene rings is 2. The number of nitrogens with one attached hydrogen (secondary N) is 2. The Morgan fingerprint density at radius 1 is 1.10 bits per heavy atom. The van der Waals surface area contributed by atoms with Crippen molar-refractivity contribution < 1.29 is 12.8 Å². The molecule has 1 unspecified atom stereocenters. The molecule has 2 N–H and O–H groups in total. The van der Waals surface area contributed by atoms with Crippen molar-refractivity contribution in [1.29, 1.82) is 0 Å². The maximum Gasteiger partial charge on any atom is 0.191 e. The minimum absolute atomic E-state index is 0. The second-order valence-electron chi connectivity index (χ2n) is 6.81. The second kappa shape index (κ2) is 12.1. The molecule has 2 aromatic carbocycles. The van der Waals surface area contributed by atoms with Gasteiger partial charge in [0, 0.05) is 32.3 Å². The van der Waals surface area contributed by atoms with Crippen molar-refractivity contribution in [3.8, 4) is 0 Å². The van der Waals surface area contributed by atoms with Crippen LogP contribution in [-0.4, -0.2) is 34.2 Å². The van der Waals surface area contributed by atoms with E-state index in [4.69, 9.17) is 0 Å². The summed E-state index contributed by atoms with van der Waals surface area (Å²) in [7, 11) is -1.54. The lowest BCUT2D eigenvalue weighted by atomic mass is 9.97. The van der Waals surface area contributed by atoms with Crippen molar-refractivity contribution in [1.82, 2.24) is 10.6 Å². The molecular formula is C21H29FIN3O2S. The highest BCUT2D eigenvalue weighted by Crippen LogP contribution is 2.18. The van der Waals surface area contributed by atoms with Crippen LogP contribution in [0.1, 0.15) is 36.0 Å². The fraction of sp³-hybridized carbons (Fsp3) is 0.381. The van der Waals surface area contributed by atoms with Crippen LogP contribution < -0.4 is 10.6 Å². The fourth-order valence-corrected chi connectivity index (χ4v) is 3.87. The fourth-order valence-electron chi connectivity index (χ4n) is 3.02. The molecule has 0 spiro atoms. The van der Waals surface area contributed by atoms with Gasteiger partial charge in [-0.1, -0.05) is 43.3 Å². The maximum atomic E-state index is 13.7. The smallest absolute Gasteiger partial charge is 0.191 e. The van der Waals surface area contributed by atoms with Crippen LogP contribution >= 0.6 is 24.0 Å². The zero-order valence-electron chi connectivity index (χ0n) is 17.0. The summed E-state index contributed by atoms with van der Waals surface area (Å²) in [5, 5.41) is 6.45. The third-order valence-corrected chi connectivity index (χ3v) is 5.37. The maximum absolute atomic E-state index is 13.7. The van der Waals surface area contributed by atoms with Crippen LogP contribution in [0.2, 0.25) is 0 Å². The van der Waals surface area contributed by atoms with Crippen LogP contribution in [0.3, 0.4) is 0 Å². The van der Waals surface area contributed by atoms with Gasteiger partial charge < -0.3 is 10.6 Å². The molecule has 2 rings (SSSR count). The Labute approximate surface area is 190 Å². The van der Waals surface area contributed by atoms with Gasteiger partial charge in [-0.15, -0.1) is 24.0 Å². The van der Waals surface area contributed by atoms with E-state index < -0.39 is 15.7 Å². The zero-order chi connectivity index (χ0) is 20.6. The number of sulfone groups is 1. The summed E-state index contributed by atoms with van der Waals surface area (Å²) in [6.45, 7) is 3.13. The predicted molar refractivity (Wildman–Crippen MR) is 128 cm³/mol.